The second-order valence-corrected chi connectivity index (χ2v) is 10.5. The second kappa shape index (κ2) is 9.55. The molecule has 184 valence electrons. The summed E-state index contributed by atoms with van der Waals surface area (Å²) in [6.07, 6.45) is 0.241. The van der Waals surface area contributed by atoms with Crippen LogP contribution in [0.25, 0.3) is 10.9 Å². The summed E-state index contributed by atoms with van der Waals surface area (Å²) in [5, 5.41) is 0.951. The molecule has 2 aromatic carbocycles. The second-order valence-electron chi connectivity index (χ2n) is 9.38. The van der Waals surface area contributed by atoms with Crippen LogP contribution in [0.15, 0.2) is 48.5 Å². The van der Waals surface area contributed by atoms with Gasteiger partial charge in [-0.2, -0.15) is 0 Å². The van der Waals surface area contributed by atoms with Crippen molar-refractivity contribution in [3.8, 4) is 0 Å². The fraction of sp³-hybridized carbons (Fsp3) is 0.346. The van der Waals surface area contributed by atoms with Crippen molar-refractivity contribution in [3.63, 3.8) is 0 Å². The summed E-state index contributed by atoms with van der Waals surface area (Å²) in [6.45, 7) is 5.39. The summed E-state index contributed by atoms with van der Waals surface area (Å²) in [5.74, 6) is -1.64. The molecule has 1 amide bonds. The van der Waals surface area contributed by atoms with Crippen molar-refractivity contribution in [3.05, 3.63) is 70.9 Å². The molecule has 0 spiro atoms. The minimum absolute atomic E-state index is 0.241. The Kier molecular flexibility index (Phi) is 6.84. The van der Waals surface area contributed by atoms with Crippen molar-refractivity contribution >= 4 is 52.0 Å². The average molecular weight is 517 g/mol. The Morgan fingerprint density at radius 1 is 1.06 bits per heavy atom. The summed E-state index contributed by atoms with van der Waals surface area (Å²) in [4.78, 5) is 42.0. The van der Waals surface area contributed by atoms with Gasteiger partial charge in [0.1, 0.15) is 11.6 Å². The number of carbonyl (C=O) groups excluding carboxylic acids is 3. The van der Waals surface area contributed by atoms with Crippen molar-refractivity contribution in [2.24, 2.45) is 0 Å². The fourth-order valence-electron chi connectivity index (χ4n) is 4.48. The molecule has 9 heteroatoms. The molecule has 0 radical (unpaired) electrons. The maximum atomic E-state index is 13.2. The number of halogens is 2. The first kappa shape index (κ1) is 25.1. The number of aromatic nitrogens is 1. The molecule has 2 heterocycles. The minimum Gasteiger partial charge on any atom is -0.467 e. The van der Waals surface area contributed by atoms with E-state index in [4.69, 9.17) is 32.7 Å². The Labute approximate surface area is 213 Å². The van der Waals surface area contributed by atoms with Gasteiger partial charge in [0.05, 0.1) is 18.7 Å². The fourth-order valence-corrected chi connectivity index (χ4v) is 4.70. The van der Waals surface area contributed by atoms with Crippen LogP contribution in [0.1, 0.15) is 54.0 Å². The number of nitrogens with zero attached hydrogens (tertiary/aromatic N) is 1. The van der Waals surface area contributed by atoms with Gasteiger partial charge in [0.15, 0.2) is 4.84 Å². The Morgan fingerprint density at radius 3 is 2.31 bits per heavy atom. The summed E-state index contributed by atoms with van der Waals surface area (Å²) in [7, 11) is 1.28. The molecule has 1 aliphatic rings. The van der Waals surface area contributed by atoms with Crippen LogP contribution in [0.5, 0.6) is 0 Å². The number of rotatable bonds is 4. The first-order valence-electron chi connectivity index (χ1n) is 11.1. The van der Waals surface area contributed by atoms with Crippen LogP contribution in [-0.2, 0) is 25.5 Å². The van der Waals surface area contributed by atoms with Crippen LogP contribution in [0.3, 0.4) is 0 Å². The number of benzene rings is 2. The quantitative estimate of drug-likeness (QED) is 0.391. The number of ether oxygens (including phenoxy) is 2. The van der Waals surface area contributed by atoms with Crippen LogP contribution < -0.4 is 0 Å². The zero-order valence-corrected chi connectivity index (χ0v) is 21.3. The van der Waals surface area contributed by atoms with E-state index in [1.165, 1.54) is 12.0 Å². The number of amides is 1. The van der Waals surface area contributed by atoms with Gasteiger partial charge in [-0.1, -0.05) is 53.5 Å². The van der Waals surface area contributed by atoms with E-state index in [1.54, 1.807) is 45.0 Å². The zero-order valence-electron chi connectivity index (χ0n) is 19.8. The summed E-state index contributed by atoms with van der Waals surface area (Å²) in [5.41, 5.74) is 2.93. The lowest BCUT2D eigenvalue weighted by Crippen LogP contribution is -2.53. The molecule has 0 bridgehead atoms. The standard InChI is InChI=1S/C26H26Cl2N2O5/c1-26(2,3)35-24(32)15-11-9-14(10-12-15)21-20-17(16-7-5-6-8-18(16)29-20)13-19(25(33)34-4)30(21)23(31)22(27)28/h5-12,19,21-22,29H,13H2,1-4H3/t19-,21+/m1/s1. The number of nitrogens with one attached hydrogen (secondary N) is 1. The number of carbonyl (C=O) groups is 3. The largest absolute Gasteiger partial charge is 0.467 e. The Morgan fingerprint density at radius 2 is 1.71 bits per heavy atom. The van der Waals surface area contributed by atoms with Gasteiger partial charge in [0, 0.05) is 23.0 Å². The number of fused-ring (bicyclic) bond motifs is 3. The van der Waals surface area contributed by atoms with Crippen molar-refractivity contribution in [2.45, 2.75) is 49.7 Å². The highest BCUT2D eigenvalue weighted by Gasteiger charge is 2.45. The molecule has 7 nitrogen and oxygen atoms in total. The molecule has 0 aliphatic carbocycles. The Balaban J connectivity index is 1.86. The molecular weight excluding hydrogens is 491 g/mol. The van der Waals surface area contributed by atoms with E-state index in [2.05, 4.69) is 4.98 Å². The van der Waals surface area contributed by atoms with Gasteiger partial charge < -0.3 is 19.4 Å². The van der Waals surface area contributed by atoms with E-state index in [-0.39, 0.29) is 6.42 Å². The number of hydrogen-bond acceptors (Lipinski definition) is 5. The summed E-state index contributed by atoms with van der Waals surface area (Å²) in [6, 6.07) is 12.8. The van der Waals surface area contributed by atoms with Crippen LogP contribution in [0.2, 0.25) is 0 Å². The van der Waals surface area contributed by atoms with Gasteiger partial charge in [-0.25, -0.2) is 9.59 Å². The molecule has 0 fully saturated rings. The van der Waals surface area contributed by atoms with E-state index >= 15 is 0 Å². The third-order valence-electron chi connectivity index (χ3n) is 5.91. The maximum Gasteiger partial charge on any atom is 0.338 e. The summed E-state index contributed by atoms with van der Waals surface area (Å²) < 4.78 is 10.5. The minimum atomic E-state index is -1.38. The molecule has 1 N–H and O–H groups in total. The predicted molar refractivity (Wildman–Crippen MR) is 134 cm³/mol. The van der Waals surface area contributed by atoms with Crippen LogP contribution in [0, 0.1) is 0 Å². The maximum absolute atomic E-state index is 13.2. The highest BCUT2D eigenvalue weighted by atomic mass is 35.5. The van der Waals surface area contributed by atoms with Gasteiger partial charge in [-0.3, -0.25) is 4.79 Å². The van der Waals surface area contributed by atoms with E-state index < -0.39 is 40.4 Å². The number of H-pyrrole nitrogens is 1. The Hall–Kier alpha value is -3.03. The number of esters is 2. The highest BCUT2D eigenvalue weighted by molar-refractivity contribution is 6.53. The van der Waals surface area contributed by atoms with Crippen molar-refractivity contribution in [1.82, 2.24) is 9.88 Å². The zero-order chi connectivity index (χ0) is 25.5. The van der Waals surface area contributed by atoms with Gasteiger partial charge in [0.25, 0.3) is 5.91 Å². The van der Waals surface area contributed by atoms with E-state index in [1.807, 2.05) is 24.3 Å². The van der Waals surface area contributed by atoms with Gasteiger partial charge >= 0.3 is 11.9 Å². The lowest BCUT2D eigenvalue weighted by Gasteiger charge is -2.41. The molecule has 3 aromatic rings. The van der Waals surface area contributed by atoms with E-state index in [0.717, 1.165) is 22.2 Å². The van der Waals surface area contributed by atoms with Crippen LogP contribution in [-0.4, -0.2) is 51.3 Å². The van der Waals surface area contributed by atoms with Crippen molar-refractivity contribution in [2.75, 3.05) is 7.11 Å². The third kappa shape index (κ3) is 4.88. The Bertz CT molecular complexity index is 1280. The third-order valence-corrected chi connectivity index (χ3v) is 6.28. The topological polar surface area (TPSA) is 88.7 Å². The molecule has 0 saturated heterocycles. The van der Waals surface area contributed by atoms with Gasteiger partial charge in [-0.05, 0) is 50.1 Å². The van der Waals surface area contributed by atoms with E-state index in [9.17, 15) is 14.4 Å². The first-order chi connectivity index (χ1) is 16.5. The number of para-hydroxylation sites is 1. The van der Waals surface area contributed by atoms with Crippen molar-refractivity contribution < 1.29 is 23.9 Å². The highest BCUT2D eigenvalue weighted by Crippen LogP contribution is 2.42. The number of alkyl halides is 2. The van der Waals surface area contributed by atoms with Gasteiger partial charge in [0.2, 0.25) is 0 Å². The average Bonchev–Trinajstić information content (AvgIpc) is 3.19. The number of hydrogen-bond donors (Lipinski definition) is 1. The molecule has 0 unspecified atom stereocenters. The van der Waals surface area contributed by atoms with Crippen molar-refractivity contribution in [1.29, 1.82) is 0 Å². The lowest BCUT2D eigenvalue weighted by atomic mass is 9.87. The SMILES string of the molecule is COC(=O)[C@H]1Cc2c([nH]c3ccccc23)[C@H](c2ccc(C(=O)OC(C)(C)C)cc2)N1C(=O)C(Cl)Cl. The molecule has 4 rings (SSSR count). The molecule has 35 heavy (non-hydrogen) atoms. The summed E-state index contributed by atoms with van der Waals surface area (Å²) >= 11 is 12.0. The van der Waals surface area contributed by atoms with Gasteiger partial charge in [-0.15, -0.1) is 0 Å². The van der Waals surface area contributed by atoms with Crippen LogP contribution >= 0.6 is 23.2 Å². The number of aromatic amines is 1. The smallest absolute Gasteiger partial charge is 0.338 e. The van der Waals surface area contributed by atoms with E-state index in [0.29, 0.717) is 11.1 Å². The number of methoxy groups -OCH3 is 1. The predicted octanol–water partition coefficient (Wildman–Crippen LogP) is 4.94. The monoisotopic (exact) mass is 516 g/mol. The van der Waals surface area contributed by atoms with Crippen LogP contribution in [0.4, 0.5) is 0 Å². The molecule has 0 saturated carbocycles. The molecule has 1 aromatic heterocycles. The molecule has 1 aliphatic heterocycles. The molecular formula is C26H26Cl2N2O5. The lowest BCUT2D eigenvalue weighted by molar-refractivity contribution is -0.154. The first-order valence-corrected chi connectivity index (χ1v) is 12.0. The molecule has 2 atom stereocenters. The normalized spacial score (nSPS) is 17.9.